The largest absolute Gasteiger partial charge is 0.508 e. The Labute approximate surface area is 212 Å². The molecule has 0 saturated heterocycles. The molecule has 36 heavy (non-hydrogen) atoms. The van der Waals surface area contributed by atoms with Crippen molar-refractivity contribution in [3.63, 3.8) is 0 Å². The normalized spacial score (nSPS) is 15.8. The number of carboxylic acid groups (broad SMARTS) is 1. The van der Waals surface area contributed by atoms with Gasteiger partial charge in [0, 0.05) is 6.04 Å². The third-order valence-electron chi connectivity index (χ3n) is 6.93. The average Bonchev–Trinajstić information content (AvgIpc) is 2.89. The van der Waals surface area contributed by atoms with Gasteiger partial charge >= 0.3 is 5.97 Å². The number of hydrogen-bond acceptors (Lipinski definition) is 5. The highest BCUT2D eigenvalue weighted by molar-refractivity contribution is 5.92. The van der Waals surface area contributed by atoms with Crippen LogP contribution in [0.15, 0.2) is 66.7 Å². The van der Waals surface area contributed by atoms with E-state index in [-0.39, 0.29) is 23.5 Å². The maximum atomic E-state index is 11.7. The molecule has 190 valence electrons. The highest BCUT2D eigenvalue weighted by Crippen LogP contribution is 2.31. The first kappa shape index (κ1) is 25.7. The maximum Gasteiger partial charge on any atom is 0.339 e. The van der Waals surface area contributed by atoms with E-state index in [1.165, 1.54) is 12.0 Å². The second-order valence-electron chi connectivity index (χ2n) is 9.62. The van der Waals surface area contributed by atoms with Gasteiger partial charge in [0.05, 0.1) is 12.2 Å². The molecule has 0 bridgehead atoms. The summed E-state index contributed by atoms with van der Waals surface area (Å²) in [4.78, 5) is 11.7. The zero-order chi connectivity index (χ0) is 25.5. The van der Waals surface area contributed by atoms with Gasteiger partial charge < -0.3 is 25.4 Å². The van der Waals surface area contributed by atoms with Crippen molar-refractivity contribution in [2.24, 2.45) is 0 Å². The van der Waals surface area contributed by atoms with Crippen LogP contribution < -0.4 is 10.1 Å². The smallest absolute Gasteiger partial charge is 0.339 e. The summed E-state index contributed by atoms with van der Waals surface area (Å²) >= 11 is 0. The second kappa shape index (κ2) is 12.1. The molecule has 0 unspecified atom stereocenters. The van der Waals surface area contributed by atoms with Gasteiger partial charge in [0.25, 0.3) is 0 Å². The average molecular weight is 490 g/mol. The fourth-order valence-corrected chi connectivity index (χ4v) is 4.72. The van der Waals surface area contributed by atoms with Crippen LogP contribution in [0.5, 0.6) is 11.5 Å². The first-order valence-corrected chi connectivity index (χ1v) is 12.7. The van der Waals surface area contributed by atoms with Gasteiger partial charge in [-0.3, -0.25) is 0 Å². The SMILES string of the molecule is C[C@H](NCCc1ccc(-c2ccc(C(=O)O)c(OC3CCCCC3)c2)cc1)[C@H](O)c1ccc(O)cc1. The fraction of sp³-hybridized carbons (Fsp3) is 0.367. The highest BCUT2D eigenvalue weighted by atomic mass is 16.5. The number of aliphatic hydroxyl groups is 1. The second-order valence-corrected chi connectivity index (χ2v) is 9.62. The maximum absolute atomic E-state index is 11.7. The van der Waals surface area contributed by atoms with Crippen molar-refractivity contribution in [3.8, 4) is 22.6 Å². The summed E-state index contributed by atoms with van der Waals surface area (Å²) in [6.07, 6.45) is 5.62. The van der Waals surface area contributed by atoms with E-state index in [9.17, 15) is 20.1 Å². The molecule has 1 saturated carbocycles. The van der Waals surface area contributed by atoms with Crippen LogP contribution in [0.1, 0.15) is 66.6 Å². The zero-order valence-electron chi connectivity index (χ0n) is 20.7. The molecule has 0 amide bonds. The lowest BCUT2D eigenvalue weighted by Gasteiger charge is -2.24. The lowest BCUT2D eigenvalue weighted by molar-refractivity contribution is 0.0686. The van der Waals surface area contributed by atoms with Gasteiger partial charge in [-0.2, -0.15) is 0 Å². The van der Waals surface area contributed by atoms with E-state index in [2.05, 4.69) is 17.4 Å². The van der Waals surface area contributed by atoms with Gasteiger partial charge in [-0.1, -0.05) is 48.9 Å². The van der Waals surface area contributed by atoms with Crippen molar-refractivity contribution >= 4 is 5.97 Å². The number of phenols is 1. The Morgan fingerprint density at radius 2 is 1.64 bits per heavy atom. The quantitative estimate of drug-likeness (QED) is 0.291. The lowest BCUT2D eigenvalue weighted by atomic mass is 9.97. The number of rotatable bonds is 10. The number of ether oxygens (including phenoxy) is 1. The van der Waals surface area contributed by atoms with Crippen LogP contribution in [0.25, 0.3) is 11.1 Å². The van der Waals surface area contributed by atoms with E-state index >= 15 is 0 Å². The molecule has 2 atom stereocenters. The molecule has 1 aliphatic rings. The van der Waals surface area contributed by atoms with E-state index in [0.29, 0.717) is 12.3 Å². The first-order chi connectivity index (χ1) is 17.4. The Hall–Kier alpha value is -3.35. The Bertz CT molecular complexity index is 1140. The van der Waals surface area contributed by atoms with Crippen molar-refractivity contribution in [2.75, 3.05) is 6.54 Å². The third-order valence-corrected chi connectivity index (χ3v) is 6.93. The molecular formula is C30H35NO5. The van der Waals surface area contributed by atoms with Crippen LogP contribution in [0.2, 0.25) is 0 Å². The van der Waals surface area contributed by atoms with Gasteiger partial charge in [0.2, 0.25) is 0 Å². The first-order valence-electron chi connectivity index (χ1n) is 12.7. The minimum absolute atomic E-state index is 0.0805. The monoisotopic (exact) mass is 489 g/mol. The summed E-state index contributed by atoms with van der Waals surface area (Å²) < 4.78 is 6.14. The Morgan fingerprint density at radius 3 is 2.31 bits per heavy atom. The molecule has 3 aromatic rings. The molecule has 6 nitrogen and oxygen atoms in total. The highest BCUT2D eigenvalue weighted by Gasteiger charge is 2.20. The summed E-state index contributed by atoms with van der Waals surface area (Å²) in [5.41, 5.74) is 4.07. The molecule has 4 rings (SSSR count). The Kier molecular flexibility index (Phi) is 8.62. The van der Waals surface area contributed by atoms with Gasteiger partial charge in [0.1, 0.15) is 17.1 Å². The standard InChI is InChI=1S/C30H35NO5/c1-20(29(33)23-11-14-25(32)15-12-23)31-18-17-21-7-9-22(10-8-21)24-13-16-27(30(34)35)28(19-24)36-26-5-3-2-4-6-26/h7-16,19-20,26,29,31-33H,2-6,17-18H2,1H3,(H,34,35)/t20-,29-/m0/s1. The van der Waals surface area contributed by atoms with Gasteiger partial charge in [-0.25, -0.2) is 4.79 Å². The summed E-state index contributed by atoms with van der Waals surface area (Å²) in [6, 6.07) is 20.0. The minimum atomic E-state index is -0.972. The molecular weight excluding hydrogens is 454 g/mol. The van der Waals surface area contributed by atoms with Crippen LogP contribution in [0.4, 0.5) is 0 Å². The summed E-state index contributed by atoms with van der Waals surface area (Å²) in [5.74, 6) is -0.345. The van der Waals surface area contributed by atoms with E-state index in [1.807, 2.05) is 31.2 Å². The molecule has 6 heteroatoms. The van der Waals surface area contributed by atoms with E-state index in [1.54, 1.807) is 30.3 Å². The number of carboxylic acids is 1. The lowest BCUT2D eigenvalue weighted by Crippen LogP contribution is -2.33. The van der Waals surface area contributed by atoms with E-state index in [0.717, 1.165) is 48.8 Å². The Balaban J connectivity index is 1.36. The topological polar surface area (TPSA) is 99.0 Å². The number of benzene rings is 3. The zero-order valence-corrected chi connectivity index (χ0v) is 20.7. The number of phenolic OH excluding ortho intramolecular Hbond substituents is 1. The van der Waals surface area contributed by atoms with Crippen molar-refractivity contribution < 1.29 is 24.9 Å². The predicted octanol–water partition coefficient (Wildman–Crippen LogP) is 5.72. The summed E-state index contributed by atoms with van der Waals surface area (Å²) in [6.45, 7) is 2.65. The van der Waals surface area contributed by atoms with Crippen LogP contribution >= 0.6 is 0 Å². The Morgan fingerprint density at radius 1 is 0.972 bits per heavy atom. The van der Waals surface area contributed by atoms with Crippen molar-refractivity contribution in [1.82, 2.24) is 5.32 Å². The molecule has 0 aromatic heterocycles. The molecule has 0 heterocycles. The number of carbonyl (C=O) groups is 1. The van der Waals surface area contributed by atoms with Crippen LogP contribution in [-0.2, 0) is 6.42 Å². The molecule has 3 aromatic carbocycles. The van der Waals surface area contributed by atoms with Crippen LogP contribution in [0, 0.1) is 0 Å². The third kappa shape index (κ3) is 6.65. The molecule has 4 N–H and O–H groups in total. The molecule has 1 fully saturated rings. The van der Waals surface area contributed by atoms with Gasteiger partial charge in [-0.05, 0) is 92.1 Å². The number of aromatic hydroxyl groups is 1. The van der Waals surface area contributed by atoms with E-state index < -0.39 is 12.1 Å². The van der Waals surface area contributed by atoms with E-state index in [4.69, 9.17) is 4.74 Å². The summed E-state index contributed by atoms with van der Waals surface area (Å²) in [5, 5.41) is 32.9. The number of aromatic carboxylic acids is 1. The minimum Gasteiger partial charge on any atom is -0.508 e. The molecule has 1 aliphatic carbocycles. The molecule has 0 spiro atoms. The molecule has 0 aliphatic heterocycles. The number of aliphatic hydroxyl groups excluding tert-OH is 1. The number of hydrogen-bond donors (Lipinski definition) is 4. The predicted molar refractivity (Wildman–Crippen MR) is 141 cm³/mol. The van der Waals surface area contributed by atoms with Crippen molar-refractivity contribution in [3.05, 3.63) is 83.4 Å². The van der Waals surface area contributed by atoms with Gasteiger partial charge in [-0.15, -0.1) is 0 Å². The van der Waals surface area contributed by atoms with Crippen LogP contribution in [-0.4, -0.2) is 40.0 Å². The van der Waals surface area contributed by atoms with Crippen molar-refractivity contribution in [2.45, 2.75) is 63.7 Å². The summed E-state index contributed by atoms with van der Waals surface area (Å²) in [7, 11) is 0. The van der Waals surface area contributed by atoms with Crippen LogP contribution in [0.3, 0.4) is 0 Å². The fourth-order valence-electron chi connectivity index (χ4n) is 4.72. The van der Waals surface area contributed by atoms with Gasteiger partial charge in [0.15, 0.2) is 0 Å². The van der Waals surface area contributed by atoms with Crippen molar-refractivity contribution in [1.29, 1.82) is 0 Å². The molecule has 0 radical (unpaired) electrons. The number of nitrogens with one attached hydrogen (secondary N) is 1.